The second kappa shape index (κ2) is 15.1. The lowest BCUT2D eigenvalue weighted by atomic mass is 9.85. The lowest BCUT2D eigenvalue weighted by Gasteiger charge is -2.30. The second-order valence-electron chi connectivity index (χ2n) is 12.4. The summed E-state index contributed by atoms with van der Waals surface area (Å²) in [7, 11) is 0. The van der Waals surface area contributed by atoms with Gasteiger partial charge in [-0.3, -0.25) is 14.8 Å². The van der Waals surface area contributed by atoms with Gasteiger partial charge < -0.3 is 31.2 Å². The van der Waals surface area contributed by atoms with Gasteiger partial charge in [0.2, 0.25) is 5.91 Å². The van der Waals surface area contributed by atoms with Crippen LogP contribution in [0.4, 0.5) is 23.7 Å². The van der Waals surface area contributed by atoms with Crippen LogP contribution in [-0.4, -0.2) is 59.9 Å². The SMILES string of the molecule is N[C@H](C(=O)Nc1cncc(F)c1CC[C@@H]1CNC(COC(=O)NC2(c3ccccn3)CC2)CO1)C(c1ccc(F)cc1)c1ccc(F)cc1. The lowest BCUT2D eigenvalue weighted by Crippen LogP contribution is -2.49. The van der Waals surface area contributed by atoms with Crippen molar-refractivity contribution in [1.29, 1.82) is 0 Å². The van der Waals surface area contributed by atoms with E-state index in [4.69, 9.17) is 15.2 Å². The fraction of sp³-hybridized carbons (Fsp3) is 0.333. The molecule has 1 saturated heterocycles. The van der Waals surface area contributed by atoms with Crippen LogP contribution < -0.4 is 21.7 Å². The summed E-state index contributed by atoms with van der Waals surface area (Å²) < 4.78 is 53.9. The predicted molar refractivity (Wildman–Crippen MR) is 175 cm³/mol. The Morgan fingerprint density at radius 3 is 2.29 bits per heavy atom. The van der Waals surface area contributed by atoms with Crippen LogP contribution in [0.1, 0.15) is 47.6 Å². The molecule has 3 atom stereocenters. The Bertz CT molecular complexity index is 1690. The van der Waals surface area contributed by atoms with Crippen LogP contribution in [0.25, 0.3) is 0 Å². The number of aromatic nitrogens is 2. The van der Waals surface area contributed by atoms with E-state index in [0.717, 1.165) is 24.7 Å². The van der Waals surface area contributed by atoms with E-state index in [9.17, 15) is 18.4 Å². The number of hydrogen-bond acceptors (Lipinski definition) is 8. The number of nitrogens with zero attached hydrogens (tertiary/aromatic N) is 2. The van der Waals surface area contributed by atoms with E-state index in [0.29, 0.717) is 24.1 Å². The van der Waals surface area contributed by atoms with E-state index in [1.165, 1.54) is 54.7 Å². The molecule has 2 fully saturated rings. The van der Waals surface area contributed by atoms with Gasteiger partial charge in [0.25, 0.3) is 0 Å². The highest BCUT2D eigenvalue weighted by atomic mass is 19.1. The molecule has 2 aromatic carbocycles. The predicted octanol–water partition coefficient (Wildman–Crippen LogP) is 4.70. The minimum atomic E-state index is -1.19. The Balaban J connectivity index is 1.02. The fourth-order valence-electron chi connectivity index (χ4n) is 6.03. The molecule has 1 aliphatic carbocycles. The van der Waals surface area contributed by atoms with Crippen molar-refractivity contribution in [2.45, 2.75) is 55.3 Å². The molecule has 256 valence electrons. The van der Waals surface area contributed by atoms with Crippen molar-refractivity contribution < 1.29 is 32.2 Å². The van der Waals surface area contributed by atoms with Gasteiger partial charge in [-0.05, 0) is 73.2 Å². The molecule has 13 heteroatoms. The van der Waals surface area contributed by atoms with Crippen molar-refractivity contribution in [2.24, 2.45) is 5.73 Å². The highest BCUT2D eigenvalue weighted by molar-refractivity contribution is 5.96. The van der Waals surface area contributed by atoms with Crippen molar-refractivity contribution in [3.05, 3.63) is 125 Å². The van der Waals surface area contributed by atoms with Gasteiger partial charge in [0.15, 0.2) is 0 Å². The molecule has 10 nitrogen and oxygen atoms in total. The first-order valence-corrected chi connectivity index (χ1v) is 16.1. The number of halogens is 3. The molecule has 0 radical (unpaired) electrons. The molecule has 1 unspecified atom stereocenters. The number of carbonyl (C=O) groups is 2. The quantitative estimate of drug-likeness (QED) is 0.170. The zero-order valence-electron chi connectivity index (χ0n) is 26.6. The zero-order valence-corrected chi connectivity index (χ0v) is 26.6. The first-order valence-electron chi connectivity index (χ1n) is 16.1. The van der Waals surface area contributed by atoms with Gasteiger partial charge in [0, 0.05) is 24.2 Å². The van der Waals surface area contributed by atoms with Crippen LogP contribution in [0.2, 0.25) is 0 Å². The van der Waals surface area contributed by atoms with Crippen LogP contribution in [0, 0.1) is 17.5 Å². The molecule has 2 amide bonds. The van der Waals surface area contributed by atoms with Gasteiger partial charge in [-0.2, -0.15) is 0 Å². The fourth-order valence-corrected chi connectivity index (χ4v) is 6.03. The minimum absolute atomic E-state index is 0.114. The number of morpholine rings is 1. The number of ether oxygens (including phenoxy) is 2. The molecule has 49 heavy (non-hydrogen) atoms. The Hall–Kier alpha value is -4.85. The highest BCUT2D eigenvalue weighted by Gasteiger charge is 2.47. The number of carbonyl (C=O) groups excluding carboxylic acids is 2. The van der Waals surface area contributed by atoms with Crippen LogP contribution in [0.15, 0.2) is 85.3 Å². The van der Waals surface area contributed by atoms with Crippen molar-refractivity contribution in [2.75, 3.05) is 25.1 Å². The number of nitrogens with two attached hydrogens (primary N) is 1. The van der Waals surface area contributed by atoms with Gasteiger partial charge in [0.1, 0.15) is 24.1 Å². The molecule has 4 aromatic rings. The molecule has 3 heterocycles. The molecule has 6 rings (SSSR count). The standard InChI is InChI=1S/C36H37F3N6O4/c37-24-8-4-22(5-9-24)32(23-6-10-25(38)11-7-23)33(40)34(46)44-30-19-41-18-29(39)28(30)13-12-27-17-43-26(20-48-27)21-49-35(47)45-36(14-15-36)31-3-1-2-16-42-31/h1-11,16,18-19,26-27,32-33,43H,12-15,17,20-21,40H2,(H,44,46)(H,45,47)/t26?,27-,33+/m1/s1. The summed E-state index contributed by atoms with van der Waals surface area (Å²) in [4.78, 5) is 34.2. The van der Waals surface area contributed by atoms with Gasteiger partial charge in [-0.15, -0.1) is 0 Å². The number of alkyl carbamates (subject to hydrolysis) is 1. The van der Waals surface area contributed by atoms with Crippen molar-refractivity contribution in [3.63, 3.8) is 0 Å². The maximum Gasteiger partial charge on any atom is 0.407 e. The Morgan fingerprint density at radius 1 is 1.00 bits per heavy atom. The zero-order chi connectivity index (χ0) is 34.4. The van der Waals surface area contributed by atoms with Gasteiger partial charge in [-0.25, -0.2) is 18.0 Å². The van der Waals surface area contributed by atoms with Gasteiger partial charge >= 0.3 is 6.09 Å². The minimum Gasteiger partial charge on any atom is -0.448 e. The molecule has 1 saturated carbocycles. The van der Waals surface area contributed by atoms with Crippen LogP contribution >= 0.6 is 0 Å². The maximum absolute atomic E-state index is 15.1. The van der Waals surface area contributed by atoms with E-state index in [1.54, 1.807) is 6.20 Å². The summed E-state index contributed by atoms with van der Waals surface area (Å²) in [6.07, 6.45) is 5.60. The third-order valence-corrected chi connectivity index (χ3v) is 8.93. The third kappa shape index (κ3) is 8.42. The number of nitrogens with one attached hydrogen (secondary N) is 3. The topological polar surface area (TPSA) is 140 Å². The molecule has 2 aromatic heterocycles. The smallest absolute Gasteiger partial charge is 0.407 e. The van der Waals surface area contributed by atoms with Gasteiger partial charge in [0.05, 0.1) is 54.1 Å². The second-order valence-corrected chi connectivity index (χ2v) is 12.4. The molecule has 0 bridgehead atoms. The summed E-state index contributed by atoms with van der Waals surface area (Å²) in [5.41, 5.74) is 8.31. The summed E-state index contributed by atoms with van der Waals surface area (Å²) in [6.45, 7) is 0.849. The molecule has 2 aliphatic rings. The van der Waals surface area contributed by atoms with E-state index >= 15 is 4.39 Å². The molecular weight excluding hydrogens is 637 g/mol. The lowest BCUT2D eigenvalue weighted by molar-refractivity contribution is -0.117. The summed E-state index contributed by atoms with van der Waals surface area (Å²) in [6, 6.07) is 15.3. The molecular formula is C36H37F3N6O4. The Morgan fingerprint density at radius 2 is 1.69 bits per heavy atom. The summed E-state index contributed by atoms with van der Waals surface area (Å²) in [5, 5.41) is 8.96. The molecule has 0 spiro atoms. The Labute approximate surface area is 281 Å². The number of benzene rings is 2. The van der Waals surface area contributed by atoms with Gasteiger partial charge in [-0.1, -0.05) is 30.3 Å². The van der Waals surface area contributed by atoms with E-state index in [-0.39, 0.29) is 43.0 Å². The normalized spacial score (nSPS) is 18.8. The number of anilines is 1. The first kappa shape index (κ1) is 34.0. The van der Waals surface area contributed by atoms with Crippen LogP contribution in [0.5, 0.6) is 0 Å². The maximum atomic E-state index is 15.1. The van der Waals surface area contributed by atoms with Crippen molar-refractivity contribution >= 4 is 17.7 Å². The monoisotopic (exact) mass is 674 g/mol. The third-order valence-electron chi connectivity index (χ3n) is 8.93. The number of hydrogen-bond donors (Lipinski definition) is 4. The average Bonchev–Trinajstić information content (AvgIpc) is 3.90. The number of rotatable bonds is 12. The van der Waals surface area contributed by atoms with E-state index in [2.05, 4.69) is 25.9 Å². The summed E-state index contributed by atoms with van der Waals surface area (Å²) >= 11 is 0. The van der Waals surface area contributed by atoms with E-state index < -0.39 is 47.0 Å². The number of amides is 2. The van der Waals surface area contributed by atoms with E-state index in [1.807, 2.05) is 18.2 Å². The largest absolute Gasteiger partial charge is 0.448 e. The molecule has 5 N–H and O–H groups in total. The summed E-state index contributed by atoms with van der Waals surface area (Å²) in [5.74, 6) is -2.88. The van der Waals surface area contributed by atoms with Crippen molar-refractivity contribution in [3.8, 4) is 0 Å². The average molecular weight is 675 g/mol. The Kier molecular flexibility index (Phi) is 10.5. The number of pyridine rings is 2. The van der Waals surface area contributed by atoms with Crippen LogP contribution in [0.3, 0.4) is 0 Å². The van der Waals surface area contributed by atoms with Crippen molar-refractivity contribution in [1.82, 2.24) is 20.6 Å². The first-order chi connectivity index (χ1) is 23.7. The van der Waals surface area contributed by atoms with Crippen LogP contribution in [-0.2, 0) is 26.2 Å². The molecule has 1 aliphatic heterocycles. The highest BCUT2D eigenvalue weighted by Crippen LogP contribution is 2.44.